The van der Waals surface area contributed by atoms with Crippen LogP contribution in [0.2, 0.25) is 0 Å². The second-order valence-electron chi connectivity index (χ2n) is 4.31. The number of ether oxygens (including phenoxy) is 1. The molecule has 0 saturated heterocycles. The third-order valence-corrected chi connectivity index (χ3v) is 3.17. The molecular formula is C13H17BrFNO2. The molecule has 1 aromatic rings. The van der Waals surface area contributed by atoms with Crippen molar-refractivity contribution >= 4 is 21.9 Å². The van der Waals surface area contributed by atoms with Crippen molar-refractivity contribution in [2.24, 2.45) is 0 Å². The topological polar surface area (TPSA) is 29.5 Å². The van der Waals surface area contributed by atoms with Gasteiger partial charge in [-0.2, -0.15) is 0 Å². The number of esters is 1. The molecule has 0 fully saturated rings. The van der Waals surface area contributed by atoms with Crippen molar-refractivity contribution in [3.63, 3.8) is 0 Å². The van der Waals surface area contributed by atoms with Crippen LogP contribution in [0.15, 0.2) is 22.7 Å². The lowest BCUT2D eigenvalue weighted by atomic mass is 10.1. The van der Waals surface area contributed by atoms with E-state index in [9.17, 15) is 9.18 Å². The number of hydrogen-bond acceptors (Lipinski definition) is 3. The van der Waals surface area contributed by atoms with Gasteiger partial charge in [-0.1, -0.05) is 22.0 Å². The lowest BCUT2D eigenvalue weighted by Gasteiger charge is -2.25. The number of methoxy groups -OCH3 is 1. The van der Waals surface area contributed by atoms with E-state index < -0.39 is 0 Å². The number of halogens is 2. The molecule has 0 amide bonds. The van der Waals surface area contributed by atoms with Gasteiger partial charge in [0.05, 0.1) is 13.7 Å². The second kappa shape index (κ2) is 6.85. The van der Waals surface area contributed by atoms with Gasteiger partial charge in [-0.05, 0) is 26.0 Å². The molecule has 0 radical (unpaired) electrons. The number of benzene rings is 1. The summed E-state index contributed by atoms with van der Waals surface area (Å²) < 4.78 is 19.1. The number of nitrogens with zero attached hydrogens (tertiary/aromatic N) is 1. The standard InChI is InChI=1S/C13H17BrFNO2/c1-9(2)16(8-13(17)18-3)7-10-4-5-11(14)6-12(10)15/h4-6,9H,7-8H2,1-3H3. The molecule has 1 aromatic carbocycles. The summed E-state index contributed by atoms with van der Waals surface area (Å²) in [6.45, 7) is 4.45. The minimum absolute atomic E-state index is 0.132. The molecule has 18 heavy (non-hydrogen) atoms. The summed E-state index contributed by atoms with van der Waals surface area (Å²) in [5.74, 6) is -0.596. The third kappa shape index (κ3) is 4.38. The number of hydrogen-bond donors (Lipinski definition) is 0. The van der Waals surface area contributed by atoms with Crippen LogP contribution >= 0.6 is 15.9 Å². The van der Waals surface area contributed by atoms with E-state index in [2.05, 4.69) is 20.7 Å². The van der Waals surface area contributed by atoms with Gasteiger partial charge in [0, 0.05) is 22.6 Å². The van der Waals surface area contributed by atoms with Crippen LogP contribution in [0.25, 0.3) is 0 Å². The van der Waals surface area contributed by atoms with E-state index in [4.69, 9.17) is 0 Å². The Morgan fingerprint density at radius 2 is 2.17 bits per heavy atom. The minimum Gasteiger partial charge on any atom is -0.468 e. The van der Waals surface area contributed by atoms with E-state index >= 15 is 0 Å². The van der Waals surface area contributed by atoms with Gasteiger partial charge in [-0.3, -0.25) is 9.69 Å². The molecule has 0 aliphatic carbocycles. The normalized spacial score (nSPS) is 11.1. The first-order valence-electron chi connectivity index (χ1n) is 5.68. The van der Waals surface area contributed by atoms with E-state index in [0.717, 1.165) is 0 Å². The molecule has 0 saturated carbocycles. The van der Waals surface area contributed by atoms with Gasteiger partial charge >= 0.3 is 5.97 Å². The Labute approximate surface area is 115 Å². The van der Waals surface area contributed by atoms with E-state index in [0.29, 0.717) is 16.6 Å². The number of carbonyl (C=O) groups is 1. The molecule has 3 nitrogen and oxygen atoms in total. The SMILES string of the molecule is COC(=O)CN(Cc1ccc(Br)cc1F)C(C)C. The van der Waals surface area contributed by atoms with Crippen LogP contribution in [0.5, 0.6) is 0 Å². The summed E-state index contributed by atoms with van der Waals surface area (Å²) in [4.78, 5) is 13.2. The Balaban J connectivity index is 2.80. The average molecular weight is 318 g/mol. The van der Waals surface area contributed by atoms with Crippen LogP contribution in [-0.2, 0) is 16.1 Å². The Bertz CT molecular complexity index is 423. The summed E-state index contributed by atoms with van der Waals surface area (Å²) >= 11 is 3.22. The van der Waals surface area contributed by atoms with Crippen LogP contribution in [0.1, 0.15) is 19.4 Å². The van der Waals surface area contributed by atoms with Crippen molar-refractivity contribution < 1.29 is 13.9 Å². The quantitative estimate of drug-likeness (QED) is 0.782. The molecule has 0 unspecified atom stereocenters. The van der Waals surface area contributed by atoms with Crippen molar-refractivity contribution in [2.45, 2.75) is 26.4 Å². The van der Waals surface area contributed by atoms with Crippen molar-refractivity contribution in [1.82, 2.24) is 4.90 Å². The van der Waals surface area contributed by atoms with Crippen molar-refractivity contribution in [2.75, 3.05) is 13.7 Å². The zero-order valence-electron chi connectivity index (χ0n) is 10.7. The summed E-state index contributed by atoms with van der Waals surface area (Å²) in [6.07, 6.45) is 0. The zero-order valence-corrected chi connectivity index (χ0v) is 12.3. The van der Waals surface area contributed by atoms with E-state index in [-0.39, 0.29) is 24.4 Å². The Hall–Kier alpha value is -0.940. The molecule has 1 rings (SSSR count). The van der Waals surface area contributed by atoms with E-state index in [1.165, 1.54) is 13.2 Å². The molecule has 0 spiro atoms. The maximum Gasteiger partial charge on any atom is 0.319 e. The van der Waals surface area contributed by atoms with Gasteiger partial charge in [0.15, 0.2) is 0 Å². The molecule has 0 aromatic heterocycles. The summed E-state index contributed by atoms with van der Waals surface area (Å²) in [5.41, 5.74) is 0.566. The summed E-state index contributed by atoms with van der Waals surface area (Å²) in [7, 11) is 1.35. The van der Waals surface area contributed by atoms with Crippen LogP contribution < -0.4 is 0 Å². The molecule has 5 heteroatoms. The highest BCUT2D eigenvalue weighted by atomic mass is 79.9. The van der Waals surface area contributed by atoms with Gasteiger partial charge in [0.25, 0.3) is 0 Å². The van der Waals surface area contributed by atoms with Crippen LogP contribution in [0.3, 0.4) is 0 Å². The molecule has 100 valence electrons. The van der Waals surface area contributed by atoms with Crippen molar-refractivity contribution in [1.29, 1.82) is 0 Å². The fourth-order valence-corrected chi connectivity index (χ4v) is 1.85. The smallest absolute Gasteiger partial charge is 0.319 e. The predicted octanol–water partition coefficient (Wildman–Crippen LogP) is 2.97. The van der Waals surface area contributed by atoms with Crippen molar-refractivity contribution in [3.05, 3.63) is 34.1 Å². The second-order valence-corrected chi connectivity index (χ2v) is 5.23. The summed E-state index contributed by atoms with van der Waals surface area (Å²) in [6, 6.07) is 5.06. The maximum absolute atomic E-state index is 13.7. The Kier molecular flexibility index (Phi) is 5.75. The molecule has 0 N–H and O–H groups in total. The molecule has 0 atom stereocenters. The molecule has 0 aliphatic heterocycles. The number of rotatable bonds is 5. The first kappa shape index (κ1) is 15.1. The summed E-state index contributed by atoms with van der Waals surface area (Å²) in [5, 5.41) is 0. The third-order valence-electron chi connectivity index (χ3n) is 2.68. The first-order valence-corrected chi connectivity index (χ1v) is 6.48. The number of carbonyl (C=O) groups excluding carboxylic acids is 1. The maximum atomic E-state index is 13.7. The van der Waals surface area contributed by atoms with E-state index in [1.54, 1.807) is 12.1 Å². The van der Waals surface area contributed by atoms with Crippen LogP contribution in [0, 0.1) is 5.82 Å². The zero-order chi connectivity index (χ0) is 13.7. The molecule has 0 aliphatic rings. The minimum atomic E-state index is -0.318. The highest BCUT2D eigenvalue weighted by Crippen LogP contribution is 2.17. The fraction of sp³-hybridized carbons (Fsp3) is 0.462. The van der Waals surface area contributed by atoms with Gasteiger partial charge in [0.2, 0.25) is 0 Å². The van der Waals surface area contributed by atoms with Crippen molar-refractivity contribution in [3.8, 4) is 0 Å². The highest BCUT2D eigenvalue weighted by molar-refractivity contribution is 9.10. The van der Waals surface area contributed by atoms with Gasteiger partial charge in [-0.15, -0.1) is 0 Å². The molecule has 0 bridgehead atoms. The molecule has 0 heterocycles. The van der Waals surface area contributed by atoms with Gasteiger partial charge in [0.1, 0.15) is 5.82 Å². The fourth-order valence-electron chi connectivity index (χ4n) is 1.52. The predicted molar refractivity (Wildman–Crippen MR) is 71.7 cm³/mol. The lowest BCUT2D eigenvalue weighted by Crippen LogP contribution is -2.35. The van der Waals surface area contributed by atoms with E-state index in [1.807, 2.05) is 18.7 Å². The highest BCUT2D eigenvalue weighted by Gasteiger charge is 2.16. The van der Waals surface area contributed by atoms with Gasteiger partial charge < -0.3 is 4.74 Å². The molecular weight excluding hydrogens is 301 g/mol. The van der Waals surface area contributed by atoms with Crippen LogP contribution in [0.4, 0.5) is 4.39 Å². The van der Waals surface area contributed by atoms with Crippen LogP contribution in [-0.4, -0.2) is 30.6 Å². The van der Waals surface area contributed by atoms with Gasteiger partial charge in [-0.25, -0.2) is 4.39 Å². The Morgan fingerprint density at radius 1 is 1.50 bits per heavy atom. The largest absolute Gasteiger partial charge is 0.468 e. The lowest BCUT2D eigenvalue weighted by molar-refractivity contribution is -0.142. The Morgan fingerprint density at radius 3 is 2.67 bits per heavy atom. The average Bonchev–Trinajstić information content (AvgIpc) is 2.30. The monoisotopic (exact) mass is 317 g/mol. The first-order chi connectivity index (χ1) is 8.43.